The highest BCUT2D eigenvalue weighted by Gasteiger charge is 2.49. The van der Waals surface area contributed by atoms with Crippen molar-refractivity contribution in [1.29, 1.82) is 0 Å². The van der Waals surface area contributed by atoms with Crippen LogP contribution in [0.3, 0.4) is 0 Å². The van der Waals surface area contributed by atoms with Crippen molar-refractivity contribution in [3.63, 3.8) is 0 Å². The molecule has 124 valence electrons. The van der Waals surface area contributed by atoms with Crippen molar-refractivity contribution in [1.82, 2.24) is 0 Å². The van der Waals surface area contributed by atoms with E-state index < -0.39 is 14.2 Å². The van der Waals surface area contributed by atoms with E-state index in [9.17, 15) is 0 Å². The van der Waals surface area contributed by atoms with Gasteiger partial charge in [0.15, 0.2) is 5.91 Å². The molecular weight excluding hydrogens is 296 g/mol. The molecule has 1 aromatic rings. The van der Waals surface area contributed by atoms with Gasteiger partial charge in [0.1, 0.15) is 0 Å². The Morgan fingerprint density at radius 2 is 1.73 bits per heavy atom. The lowest BCUT2D eigenvalue weighted by Gasteiger charge is -2.42. The third-order valence-corrected chi connectivity index (χ3v) is 6.70. The first-order chi connectivity index (χ1) is 10.3. The van der Waals surface area contributed by atoms with Gasteiger partial charge >= 0.3 is 8.56 Å². The molecule has 0 spiro atoms. The Morgan fingerprint density at radius 3 is 2.27 bits per heavy atom. The van der Waals surface area contributed by atoms with Crippen LogP contribution in [0, 0.1) is 0 Å². The Hall–Kier alpha value is -0.723. The Morgan fingerprint density at radius 1 is 1.14 bits per heavy atom. The minimum Gasteiger partial charge on any atom is -0.389 e. The quantitative estimate of drug-likeness (QED) is 0.747. The van der Waals surface area contributed by atoms with Crippen molar-refractivity contribution < 1.29 is 18.3 Å². The highest BCUT2D eigenvalue weighted by atomic mass is 28.4. The van der Waals surface area contributed by atoms with Crippen molar-refractivity contribution in [2.75, 3.05) is 13.2 Å². The molecule has 2 rings (SSSR count). The predicted octanol–water partition coefficient (Wildman–Crippen LogP) is 3.74. The maximum absolute atomic E-state index is 6.53. The molecular formula is C17H28O4Si. The van der Waals surface area contributed by atoms with Crippen molar-refractivity contribution in [3.8, 4) is 0 Å². The molecule has 0 aliphatic carbocycles. The van der Waals surface area contributed by atoms with Crippen molar-refractivity contribution in [2.24, 2.45) is 0 Å². The van der Waals surface area contributed by atoms with E-state index in [0.717, 1.165) is 12.0 Å². The van der Waals surface area contributed by atoms with Gasteiger partial charge in [-0.1, -0.05) is 30.3 Å². The summed E-state index contributed by atoms with van der Waals surface area (Å²) in [6, 6.07) is 10.2. The maximum atomic E-state index is 6.53. The molecule has 0 N–H and O–H groups in total. The minimum absolute atomic E-state index is 0.0670. The fourth-order valence-electron chi connectivity index (χ4n) is 2.79. The zero-order chi connectivity index (χ0) is 16.2. The molecule has 1 heterocycles. The molecule has 1 aliphatic rings. The number of ether oxygens (including phenoxy) is 2. The summed E-state index contributed by atoms with van der Waals surface area (Å²) in [4.78, 5) is 0. The molecule has 1 aliphatic heterocycles. The highest BCUT2D eigenvalue weighted by Crippen LogP contribution is 2.33. The van der Waals surface area contributed by atoms with Crippen molar-refractivity contribution in [3.05, 3.63) is 35.9 Å². The third kappa shape index (κ3) is 4.40. The Kier molecular flexibility index (Phi) is 5.80. The summed E-state index contributed by atoms with van der Waals surface area (Å²) in [7, 11) is -2.67. The van der Waals surface area contributed by atoms with Gasteiger partial charge in [-0.2, -0.15) is 0 Å². The minimum atomic E-state index is -2.67. The van der Waals surface area contributed by atoms with E-state index in [4.69, 9.17) is 18.3 Å². The van der Waals surface area contributed by atoms with Gasteiger partial charge in [-0.15, -0.1) is 0 Å². The van der Waals surface area contributed by atoms with Crippen LogP contribution < -0.4 is 0 Å². The molecule has 1 unspecified atom stereocenters. The number of benzene rings is 1. The van der Waals surface area contributed by atoms with Crippen LogP contribution >= 0.6 is 0 Å². The van der Waals surface area contributed by atoms with Crippen LogP contribution in [0.15, 0.2) is 30.3 Å². The van der Waals surface area contributed by atoms with E-state index in [-0.39, 0.29) is 12.0 Å². The molecule has 0 radical (unpaired) electrons. The summed E-state index contributed by atoms with van der Waals surface area (Å²) in [6.45, 7) is 11.6. The van der Waals surface area contributed by atoms with Gasteiger partial charge in [-0.3, -0.25) is 0 Å². The molecule has 0 aromatic heterocycles. The Balaban J connectivity index is 2.21. The second kappa shape index (κ2) is 7.23. The number of hydrogen-bond donors (Lipinski definition) is 0. The van der Waals surface area contributed by atoms with Crippen LogP contribution in [0.5, 0.6) is 0 Å². The monoisotopic (exact) mass is 324 g/mol. The zero-order valence-corrected chi connectivity index (χ0v) is 15.3. The van der Waals surface area contributed by atoms with Crippen LogP contribution in [0.1, 0.15) is 39.7 Å². The second-order valence-electron chi connectivity index (χ2n) is 6.59. The van der Waals surface area contributed by atoms with Crippen molar-refractivity contribution in [2.45, 2.75) is 58.3 Å². The number of rotatable bonds is 6. The van der Waals surface area contributed by atoms with E-state index in [2.05, 4.69) is 26.0 Å². The molecule has 1 atom stereocenters. The third-order valence-electron chi connectivity index (χ3n) is 3.65. The fraction of sp³-hybridized carbons (Fsp3) is 0.647. The van der Waals surface area contributed by atoms with Crippen LogP contribution in [0.4, 0.5) is 0 Å². The fourth-order valence-corrected chi connectivity index (χ4v) is 5.96. The molecule has 0 bridgehead atoms. The first-order valence-corrected chi connectivity index (χ1v) is 10.4. The molecule has 5 heteroatoms. The highest BCUT2D eigenvalue weighted by molar-refractivity contribution is 6.67. The zero-order valence-electron chi connectivity index (χ0n) is 14.3. The lowest BCUT2D eigenvalue weighted by molar-refractivity contribution is -0.164. The molecule has 0 amide bonds. The second-order valence-corrected chi connectivity index (χ2v) is 9.53. The summed E-state index contributed by atoms with van der Waals surface area (Å²) in [5, 5.41) is 0. The van der Waals surface area contributed by atoms with E-state index in [0.29, 0.717) is 13.2 Å². The SMILES string of the molecule is CC(C)O[Si](C)(OC(C)(C)c1ccccc1)C1OCCCO1. The van der Waals surface area contributed by atoms with Crippen LogP contribution in [-0.2, 0) is 23.9 Å². The molecule has 1 aromatic carbocycles. The van der Waals surface area contributed by atoms with Crippen LogP contribution in [0.2, 0.25) is 6.55 Å². The summed E-state index contributed by atoms with van der Waals surface area (Å²) in [5.41, 5.74) is 0.665. The first kappa shape index (κ1) is 17.6. The van der Waals surface area contributed by atoms with Gasteiger partial charge in [-0.25, -0.2) is 0 Å². The largest absolute Gasteiger partial charge is 0.393 e. The maximum Gasteiger partial charge on any atom is 0.393 e. The lowest BCUT2D eigenvalue weighted by atomic mass is 9.99. The van der Waals surface area contributed by atoms with Gasteiger partial charge in [0, 0.05) is 6.10 Å². The average molecular weight is 324 g/mol. The van der Waals surface area contributed by atoms with E-state index in [1.807, 2.05) is 38.6 Å². The summed E-state index contributed by atoms with van der Waals surface area (Å²) in [6.07, 6.45) is 0.988. The summed E-state index contributed by atoms with van der Waals surface area (Å²) in [5.74, 6) is -0.383. The average Bonchev–Trinajstić information content (AvgIpc) is 2.48. The number of hydrogen-bond acceptors (Lipinski definition) is 4. The molecule has 4 nitrogen and oxygen atoms in total. The van der Waals surface area contributed by atoms with E-state index in [1.54, 1.807) is 0 Å². The van der Waals surface area contributed by atoms with Gasteiger partial charge < -0.3 is 18.3 Å². The first-order valence-electron chi connectivity index (χ1n) is 8.00. The predicted molar refractivity (Wildman–Crippen MR) is 88.7 cm³/mol. The van der Waals surface area contributed by atoms with E-state index >= 15 is 0 Å². The standard InChI is InChI=1S/C17H28O4Si/c1-14(2)20-22(5,16-18-12-9-13-19-16)21-17(3,4)15-10-7-6-8-11-15/h6-8,10-11,14,16H,9,12-13H2,1-5H3. The van der Waals surface area contributed by atoms with Gasteiger partial charge in [0.25, 0.3) is 0 Å². The Labute approximate surface area is 135 Å². The van der Waals surface area contributed by atoms with Gasteiger partial charge in [0.2, 0.25) is 0 Å². The van der Waals surface area contributed by atoms with Crippen LogP contribution in [0.25, 0.3) is 0 Å². The smallest absolute Gasteiger partial charge is 0.389 e. The molecule has 0 saturated carbocycles. The Bertz CT molecular complexity index is 457. The molecule has 22 heavy (non-hydrogen) atoms. The lowest BCUT2D eigenvalue weighted by Crippen LogP contribution is -2.58. The van der Waals surface area contributed by atoms with Crippen molar-refractivity contribution >= 4 is 8.56 Å². The summed E-state index contributed by atoms with van der Waals surface area (Å²) < 4.78 is 24.4. The summed E-state index contributed by atoms with van der Waals surface area (Å²) >= 11 is 0. The molecule has 1 saturated heterocycles. The van der Waals surface area contributed by atoms with Gasteiger partial charge in [-0.05, 0) is 46.2 Å². The van der Waals surface area contributed by atoms with E-state index in [1.165, 1.54) is 0 Å². The normalized spacial score (nSPS) is 20.1. The van der Waals surface area contributed by atoms with Gasteiger partial charge in [0.05, 0.1) is 18.8 Å². The molecule has 1 fully saturated rings. The van der Waals surface area contributed by atoms with Crippen LogP contribution in [-0.4, -0.2) is 33.8 Å². The topological polar surface area (TPSA) is 36.9 Å².